The van der Waals surface area contributed by atoms with Gasteiger partial charge in [0.15, 0.2) is 0 Å². The summed E-state index contributed by atoms with van der Waals surface area (Å²) in [5, 5.41) is 20.0. The van der Waals surface area contributed by atoms with Gasteiger partial charge in [-0.1, -0.05) is 25.1 Å². The van der Waals surface area contributed by atoms with Gasteiger partial charge >= 0.3 is 0 Å². The molecule has 29 heavy (non-hydrogen) atoms. The number of ether oxygens (including phenoxy) is 1. The first-order chi connectivity index (χ1) is 14.1. The molecule has 2 N–H and O–H groups in total. The quantitative estimate of drug-likeness (QED) is 0.808. The Morgan fingerprint density at radius 2 is 2.21 bits per heavy atom. The smallest absolute Gasteiger partial charge is 0.124 e. The summed E-state index contributed by atoms with van der Waals surface area (Å²) in [5.74, 6) is 1.39. The molecule has 1 aromatic rings. The molecule has 1 saturated heterocycles. The first kappa shape index (κ1) is 18.6. The average Bonchev–Trinajstić information content (AvgIpc) is 3.13. The number of rotatable bonds is 5. The normalized spacial score (nSPS) is 27.5. The van der Waals surface area contributed by atoms with Gasteiger partial charge in [0.2, 0.25) is 0 Å². The zero-order chi connectivity index (χ0) is 19.8. The standard InChI is InChI=1S/C23H28N4O2/c1-23(14-29-15-23)18-4-2-3-17(10-18)21-11-20-12-27(26-21)22(7-8-24-20)25-19-6-5-16(9-19)13-28/h2-4,7-8,10-11,16,19,25,28H,5-6,9,12-15H2,1H3. The zero-order valence-corrected chi connectivity index (χ0v) is 16.8. The van der Waals surface area contributed by atoms with E-state index in [1.54, 1.807) is 0 Å². The van der Waals surface area contributed by atoms with Gasteiger partial charge in [-0.25, -0.2) is 5.01 Å². The van der Waals surface area contributed by atoms with Crippen LogP contribution in [0.15, 0.2) is 58.0 Å². The Kier molecular flexibility index (Phi) is 4.76. The van der Waals surface area contributed by atoms with E-state index >= 15 is 0 Å². The first-order valence-electron chi connectivity index (χ1n) is 10.5. The molecule has 0 spiro atoms. The summed E-state index contributed by atoms with van der Waals surface area (Å²) in [5.41, 5.74) is 4.44. The van der Waals surface area contributed by atoms with E-state index in [4.69, 9.17) is 9.84 Å². The van der Waals surface area contributed by atoms with Crippen LogP contribution < -0.4 is 5.32 Å². The summed E-state index contributed by atoms with van der Waals surface area (Å²) >= 11 is 0. The van der Waals surface area contributed by atoms with Gasteiger partial charge in [0.1, 0.15) is 5.82 Å². The predicted octanol–water partition coefficient (Wildman–Crippen LogP) is 2.55. The van der Waals surface area contributed by atoms with E-state index in [0.717, 1.165) is 55.3 Å². The molecule has 5 rings (SSSR count). The second-order valence-corrected chi connectivity index (χ2v) is 8.85. The average molecular weight is 393 g/mol. The van der Waals surface area contributed by atoms with Crippen LogP contribution in [0.2, 0.25) is 0 Å². The van der Waals surface area contributed by atoms with Crippen molar-refractivity contribution in [3.63, 3.8) is 0 Å². The Bertz CT molecular complexity index is 913. The summed E-state index contributed by atoms with van der Waals surface area (Å²) < 4.78 is 5.45. The summed E-state index contributed by atoms with van der Waals surface area (Å²) in [6.45, 7) is 4.73. The van der Waals surface area contributed by atoms with Crippen LogP contribution >= 0.6 is 0 Å². The highest BCUT2D eigenvalue weighted by molar-refractivity contribution is 6.09. The number of benzene rings is 1. The van der Waals surface area contributed by atoms with E-state index in [1.807, 2.05) is 17.3 Å². The molecular weight excluding hydrogens is 364 g/mol. The number of aliphatic imine (C=N–C) groups is 1. The van der Waals surface area contributed by atoms with Crippen molar-refractivity contribution in [2.24, 2.45) is 16.0 Å². The van der Waals surface area contributed by atoms with Gasteiger partial charge in [0, 0.05) is 29.8 Å². The van der Waals surface area contributed by atoms with Gasteiger partial charge in [-0.3, -0.25) is 4.99 Å². The highest BCUT2D eigenvalue weighted by Gasteiger charge is 2.35. The van der Waals surface area contributed by atoms with E-state index < -0.39 is 0 Å². The van der Waals surface area contributed by atoms with Crippen molar-refractivity contribution in [3.8, 4) is 0 Å². The van der Waals surface area contributed by atoms with Gasteiger partial charge in [-0.05, 0) is 49.0 Å². The van der Waals surface area contributed by atoms with Crippen LogP contribution in [0.25, 0.3) is 0 Å². The second kappa shape index (κ2) is 7.43. The fourth-order valence-corrected chi connectivity index (χ4v) is 4.53. The molecule has 0 aromatic heterocycles. The van der Waals surface area contributed by atoms with Crippen LogP contribution in [0.3, 0.4) is 0 Å². The molecule has 2 bridgehead atoms. The predicted molar refractivity (Wildman–Crippen MR) is 114 cm³/mol. The molecule has 4 aliphatic rings. The van der Waals surface area contributed by atoms with Gasteiger partial charge in [0.05, 0.1) is 31.2 Å². The lowest BCUT2D eigenvalue weighted by atomic mass is 9.80. The van der Waals surface area contributed by atoms with E-state index in [2.05, 4.69) is 47.6 Å². The molecule has 1 aromatic carbocycles. The maximum absolute atomic E-state index is 9.43. The number of nitrogens with one attached hydrogen (secondary N) is 1. The Labute approximate surface area is 171 Å². The molecule has 2 fully saturated rings. The minimum atomic E-state index is 0.0991. The fourth-order valence-electron chi connectivity index (χ4n) is 4.53. The van der Waals surface area contributed by atoms with Crippen LogP contribution in [0.5, 0.6) is 0 Å². The van der Waals surface area contributed by atoms with Crippen LogP contribution in [0.1, 0.15) is 37.3 Å². The van der Waals surface area contributed by atoms with Crippen molar-refractivity contribution in [1.29, 1.82) is 0 Å². The van der Waals surface area contributed by atoms with E-state index in [-0.39, 0.29) is 12.0 Å². The summed E-state index contributed by atoms with van der Waals surface area (Å²) in [4.78, 5) is 4.61. The molecule has 6 heteroatoms. The maximum atomic E-state index is 9.43. The topological polar surface area (TPSA) is 69.5 Å². The van der Waals surface area contributed by atoms with Crippen molar-refractivity contribution in [1.82, 2.24) is 10.3 Å². The van der Waals surface area contributed by atoms with E-state index in [0.29, 0.717) is 18.5 Å². The molecule has 2 atom stereocenters. The Morgan fingerprint density at radius 1 is 1.31 bits per heavy atom. The first-order valence-corrected chi connectivity index (χ1v) is 10.5. The Hall–Kier alpha value is -2.44. The number of aliphatic hydroxyl groups is 1. The summed E-state index contributed by atoms with van der Waals surface area (Å²) in [6.07, 6.45) is 9.09. The minimum Gasteiger partial charge on any atom is -0.396 e. The molecule has 3 heterocycles. The number of fused-ring (bicyclic) bond motifs is 2. The molecule has 6 nitrogen and oxygen atoms in total. The van der Waals surface area contributed by atoms with Crippen molar-refractivity contribution >= 4 is 11.9 Å². The molecule has 0 radical (unpaired) electrons. The van der Waals surface area contributed by atoms with Crippen LogP contribution in [0, 0.1) is 5.92 Å². The maximum Gasteiger partial charge on any atom is 0.124 e. The van der Waals surface area contributed by atoms with Crippen molar-refractivity contribution in [2.45, 2.75) is 37.6 Å². The largest absolute Gasteiger partial charge is 0.396 e. The third-order valence-electron chi connectivity index (χ3n) is 6.44. The number of nitrogens with zero attached hydrogens (tertiary/aromatic N) is 3. The zero-order valence-electron chi connectivity index (χ0n) is 16.8. The number of hydrogen-bond donors (Lipinski definition) is 2. The Balaban J connectivity index is 1.39. The van der Waals surface area contributed by atoms with Gasteiger partial charge < -0.3 is 15.2 Å². The Morgan fingerprint density at radius 3 is 2.97 bits per heavy atom. The van der Waals surface area contributed by atoms with Crippen LogP contribution in [-0.4, -0.2) is 54.4 Å². The van der Waals surface area contributed by atoms with Gasteiger partial charge in [-0.15, -0.1) is 0 Å². The van der Waals surface area contributed by atoms with Crippen molar-refractivity contribution in [3.05, 3.63) is 59.1 Å². The molecular formula is C23H28N4O2. The second-order valence-electron chi connectivity index (χ2n) is 8.85. The third kappa shape index (κ3) is 3.63. The molecule has 1 saturated carbocycles. The van der Waals surface area contributed by atoms with Crippen molar-refractivity contribution < 1.29 is 9.84 Å². The highest BCUT2D eigenvalue weighted by Crippen LogP contribution is 2.33. The van der Waals surface area contributed by atoms with Gasteiger partial charge in [0.25, 0.3) is 0 Å². The molecule has 152 valence electrons. The lowest BCUT2D eigenvalue weighted by molar-refractivity contribution is -0.0500. The summed E-state index contributed by atoms with van der Waals surface area (Å²) in [7, 11) is 0. The SMILES string of the molecule is CC1(c2cccc(C3=NN4CC(=C3)N=CC=C4NC3CCC(CO)C3)c2)COC1. The molecule has 2 unspecified atom stereocenters. The minimum absolute atomic E-state index is 0.0991. The lowest BCUT2D eigenvalue weighted by Gasteiger charge is -2.38. The van der Waals surface area contributed by atoms with Crippen molar-refractivity contribution in [2.75, 3.05) is 26.4 Å². The van der Waals surface area contributed by atoms with Crippen LogP contribution in [-0.2, 0) is 10.2 Å². The number of hydrogen-bond acceptors (Lipinski definition) is 6. The molecule has 0 amide bonds. The van der Waals surface area contributed by atoms with E-state index in [1.165, 1.54) is 5.56 Å². The molecule has 1 aliphatic carbocycles. The lowest BCUT2D eigenvalue weighted by Crippen LogP contribution is -2.43. The van der Waals surface area contributed by atoms with Gasteiger partial charge in [-0.2, -0.15) is 5.10 Å². The highest BCUT2D eigenvalue weighted by atomic mass is 16.5. The monoisotopic (exact) mass is 392 g/mol. The fraction of sp³-hybridized carbons (Fsp3) is 0.478. The third-order valence-corrected chi connectivity index (χ3v) is 6.44. The van der Waals surface area contributed by atoms with Crippen LogP contribution in [0.4, 0.5) is 0 Å². The number of hydrazone groups is 1. The number of allylic oxidation sites excluding steroid dienone is 2. The molecule has 3 aliphatic heterocycles. The van der Waals surface area contributed by atoms with E-state index in [9.17, 15) is 5.11 Å². The summed E-state index contributed by atoms with van der Waals surface area (Å²) in [6, 6.07) is 9.01. The number of aliphatic hydroxyl groups excluding tert-OH is 1.